The summed E-state index contributed by atoms with van der Waals surface area (Å²) in [5.41, 5.74) is 3.40. The van der Waals surface area contributed by atoms with Crippen molar-refractivity contribution in [3.63, 3.8) is 0 Å². The van der Waals surface area contributed by atoms with Crippen molar-refractivity contribution >= 4 is 23.5 Å². The molecule has 3 aliphatic heterocycles. The Bertz CT molecular complexity index is 1060. The smallest absolute Gasteiger partial charge is 0.227 e. The number of rotatable bonds is 2. The van der Waals surface area contributed by atoms with Crippen molar-refractivity contribution < 1.29 is 9.59 Å². The number of fused-ring (bicyclic) bond motifs is 6. The summed E-state index contributed by atoms with van der Waals surface area (Å²) in [6.45, 7) is 8.32. The number of Topliss-reactive ketones (excluding diaryl/α,β-unsaturated/α-hetero) is 1. The highest BCUT2D eigenvalue weighted by Crippen LogP contribution is 2.41. The molecule has 5 heterocycles. The van der Waals surface area contributed by atoms with Gasteiger partial charge in [-0.15, -0.1) is 0 Å². The Morgan fingerprint density at radius 3 is 2.00 bits per heavy atom. The predicted molar refractivity (Wildman–Crippen MR) is 111 cm³/mol. The molecule has 0 saturated carbocycles. The first-order chi connectivity index (χ1) is 14.3. The fourth-order valence-electron chi connectivity index (χ4n) is 5.10. The van der Waals surface area contributed by atoms with Crippen LogP contribution in [0.5, 0.6) is 0 Å². The van der Waals surface area contributed by atoms with Crippen molar-refractivity contribution in [3.05, 3.63) is 47.1 Å². The highest BCUT2D eigenvalue weighted by molar-refractivity contribution is 6.07. The lowest BCUT2D eigenvalue weighted by molar-refractivity contribution is -0.133. The number of carbonyl (C=O) groups excluding carboxylic acids is 2. The molecule has 8 heteroatoms. The minimum Gasteiger partial charge on any atom is -0.328 e. The minimum atomic E-state index is -0.549. The van der Waals surface area contributed by atoms with E-state index in [2.05, 4.69) is 19.9 Å². The normalized spacial score (nSPS) is 27.6. The Labute approximate surface area is 175 Å². The van der Waals surface area contributed by atoms with Crippen LogP contribution in [0.1, 0.15) is 29.2 Å². The molecule has 30 heavy (non-hydrogen) atoms. The summed E-state index contributed by atoms with van der Waals surface area (Å²) in [6, 6.07) is 2.46. The first kappa shape index (κ1) is 18.8. The quantitative estimate of drug-likeness (QED) is 0.746. The molecule has 2 fully saturated rings. The van der Waals surface area contributed by atoms with Crippen molar-refractivity contribution in [1.82, 2.24) is 19.9 Å². The summed E-state index contributed by atoms with van der Waals surface area (Å²) in [7, 11) is 0. The van der Waals surface area contributed by atoms with Crippen LogP contribution in [0.3, 0.4) is 0 Å². The zero-order chi connectivity index (χ0) is 21.2. The fourth-order valence-corrected chi connectivity index (χ4v) is 5.10. The van der Waals surface area contributed by atoms with Gasteiger partial charge in [-0.25, -0.2) is 19.9 Å². The van der Waals surface area contributed by atoms with Crippen molar-refractivity contribution in [2.45, 2.75) is 52.2 Å². The lowest BCUT2D eigenvalue weighted by atomic mass is 9.72. The molecule has 154 valence electrons. The van der Waals surface area contributed by atoms with Gasteiger partial charge in [-0.05, 0) is 52.3 Å². The molecule has 0 aliphatic carbocycles. The Morgan fingerprint density at radius 2 is 1.40 bits per heavy atom. The van der Waals surface area contributed by atoms with Crippen LogP contribution in [-0.4, -0.2) is 56.2 Å². The molecule has 0 spiro atoms. The van der Waals surface area contributed by atoms with Crippen LogP contribution in [0, 0.1) is 33.6 Å². The van der Waals surface area contributed by atoms with Gasteiger partial charge in [-0.2, -0.15) is 0 Å². The van der Waals surface area contributed by atoms with E-state index in [1.54, 1.807) is 6.08 Å². The minimum absolute atomic E-state index is 0.0538. The van der Waals surface area contributed by atoms with Crippen LogP contribution in [-0.2, 0) is 9.59 Å². The third kappa shape index (κ3) is 2.81. The van der Waals surface area contributed by atoms with Crippen LogP contribution >= 0.6 is 0 Å². The molecular weight excluding hydrogens is 380 g/mol. The molecule has 4 bridgehead atoms. The topological polar surface area (TPSA) is 92.2 Å². The molecule has 0 radical (unpaired) electrons. The van der Waals surface area contributed by atoms with Crippen LogP contribution in [0.2, 0.25) is 0 Å². The van der Waals surface area contributed by atoms with Crippen LogP contribution in [0.25, 0.3) is 0 Å². The van der Waals surface area contributed by atoms with Crippen molar-refractivity contribution in [2.24, 2.45) is 5.92 Å². The van der Waals surface area contributed by atoms with Crippen LogP contribution in [0.4, 0.5) is 11.9 Å². The average molecular weight is 404 g/mol. The predicted octanol–water partition coefficient (Wildman–Crippen LogP) is 1.66. The van der Waals surface area contributed by atoms with Gasteiger partial charge in [-0.3, -0.25) is 9.59 Å². The Hall–Kier alpha value is -3.16. The summed E-state index contributed by atoms with van der Waals surface area (Å²) in [5.74, 6) is 0.717. The van der Waals surface area contributed by atoms with Gasteiger partial charge in [-0.1, -0.05) is 6.08 Å². The monoisotopic (exact) mass is 404 g/mol. The van der Waals surface area contributed by atoms with Crippen LogP contribution < -0.4 is 9.80 Å². The first-order valence-electron chi connectivity index (χ1n) is 10.3. The number of nitrogens with zero attached hydrogens (tertiary/aromatic N) is 6. The standard InChI is InChI=1S/C22H24N6O2/c1-11-9-12(2)24-21(23-11)27-8-7-15-18-17(29)6-5-16(19(27)20(15)30)28(18)22-25-13(3)10-14(4)26-22/h5-6,9-10,15-16,18-19H,7-8H2,1-4H3/t15-,16+,18+,19+/m0/s1. The van der Waals surface area contributed by atoms with E-state index in [9.17, 15) is 9.59 Å². The van der Waals surface area contributed by atoms with Gasteiger partial charge in [0, 0.05) is 35.2 Å². The number of piperidine rings is 2. The Morgan fingerprint density at radius 1 is 0.833 bits per heavy atom. The summed E-state index contributed by atoms with van der Waals surface area (Å²) < 4.78 is 0. The van der Waals surface area contributed by atoms with E-state index in [0.29, 0.717) is 24.9 Å². The third-order valence-electron chi connectivity index (χ3n) is 6.18. The average Bonchev–Trinajstić information content (AvgIpc) is 2.65. The number of carbonyl (C=O) groups is 2. The maximum Gasteiger partial charge on any atom is 0.227 e. The van der Waals surface area contributed by atoms with Crippen molar-refractivity contribution in [3.8, 4) is 0 Å². The van der Waals surface area contributed by atoms with Gasteiger partial charge in [0.05, 0.1) is 6.04 Å². The SMILES string of the molecule is Cc1cc(C)nc(N2CC[C@@H]3C(=O)[C@H]2[C@H]2C=CC(=O)[C@@H]3N2c2nc(C)cc(C)n2)n1. The first-order valence-corrected chi connectivity index (χ1v) is 10.3. The zero-order valence-corrected chi connectivity index (χ0v) is 17.5. The van der Waals surface area contributed by atoms with Gasteiger partial charge >= 0.3 is 0 Å². The second-order valence-electron chi connectivity index (χ2n) is 8.44. The number of aryl methyl sites for hydroxylation is 4. The second-order valence-corrected chi connectivity index (χ2v) is 8.44. The number of hydrogen-bond donors (Lipinski definition) is 0. The van der Waals surface area contributed by atoms with Gasteiger partial charge < -0.3 is 9.80 Å². The van der Waals surface area contributed by atoms with E-state index in [-0.39, 0.29) is 23.5 Å². The van der Waals surface area contributed by atoms with Gasteiger partial charge in [0.25, 0.3) is 0 Å². The molecule has 0 unspecified atom stereocenters. The Balaban J connectivity index is 1.65. The summed E-state index contributed by atoms with van der Waals surface area (Å²) in [4.78, 5) is 48.8. The largest absolute Gasteiger partial charge is 0.328 e. The maximum atomic E-state index is 13.5. The summed E-state index contributed by atoms with van der Waals surface area (Å²) in [5, 5.41) is 0. The molecule has 5 rings (SSSR count). The van der Waals surface area contributed by atoms with Crippen molar-refractivity contribution in [2.75, 3.05) is 16.3 Å². The van der Waals surface area contributed by atoms with Crippen molar-refractivity contribution in [1.29, 1.82) is 0 Å². The summed E-state index contributed by atoms with van der Waals surface area (Å²) >= 11 is 0. The maximum absolute atomic E-state index is 13.5. The zero-order valence-electron chi connectivity index (χ0n) is 17.5. The van der Waals surface area contributed by atoms with Gasteiger partial charge in [0.1, 0.15) is 12.1 Å². The molecule has 0 aromatic carbocycles. The molecule has 0 N–H and O–H groups in total. The van der Waals surface area contributed by atoms with E-state index in [1.807, 2.05) is 55.7 Å². The second kappa shape index (κ2) is 6.68. The molecule has 2 aromatic rings. The molecule has 4 atom stereocenters. The lowest BCUT2D eigenvalue weighted by Crippen LogP contribution is -2.73. The van der Waals surface area contributed by atoms with Crippen LogP contribution in [0.15, 0.2) is 24.3 Å². The van der Waals surface area contributed by atoms with E-state index in [1.165, 1.54) is 0 Å². The highest BCUT2D eigenvalue weighted by Gasteiger charge is 2.57. The molecular formula is C22H24N6O2. The van der Waals surface area contributed by atoms with E-state index < -0.39 is 12.1 Å². The van der Waals surface area contributed by atoms with E-state index >= 15 is 0 Å². The molecule has 0 amide bonds. The summed E-state index contributed by atoms with van der Waals surface area (Å²) in [6.07, 6.45) is 4.01. The van der Waals surface area contributed by atoms with E-state index in [0.717, 1.165) is 22.8 Å². The lowest BCUT2D eigenvalue weighted by Gasteiger charge is -2.54. The highest BCUT2D eigenvalue weighted by atomic mass is 16.1. The Kier molecular flexibility index (Phi) is 4.20. The molecule has 2 aromatic heterocycles. The van der Waals surface area contributed by atoms with E-state index in [4.69, 9.17) is 0 Å². The fraction of sp³-hybridized carbons (Fsp3) is 0.455. The number of ketones is 2. The van der Waals surface area contributed by atoms with Gasteiger partial charge in [0.2, 0.25) is 11.9 Å². The third-order valence-corrected chi connectivity index (χ3v) is 6.18. The number of anilines is 2. The number of hydrogen-bond acceptors (Lipinski definition) is 8. The molecule has 2 saturated heterocycles. The molecule has 3 aliphatic rings. The number of aromatic nitrogens is 4. The molecule has 8 nitrogen and oxygen atoms in total. The van der Waals surface area contributed by atoms with Gasteiger partial charge in [0.15, 0.2) is 11.6 Å².